The van der Waals surface area contributed by atoms with E-state index in [1.54, 1.807) is 12.1 Å². The molecule has 3 nitrogen and oxygen atoms in total. The molecule has 0 radical (unpaired) electrons. The van der Waals surface area contributed by atoms with Crippen LogP contribution in [0.1, 0.15) is 18.0 Å². The molecule has 1 saturated heterocycles. The van der Waals surface area contributed by atoms with Gasteiger partial charge in [0.2, 0.25) is 0 Å². The Morgan fingerprint density at radius 2 is 1.86 bits per heavy atom. The Morgan fingerprint density at radius 1 is 1.24 bits per heavy atom. The standard InChI is InChI=1S/C12H15BrF3N3.2ClH/c13-11-2-1-9(8-18-11)10(7-12(14,15)16)19-5-3-17-4-6-19;;/h1-2,8,10,17H,3-7H2;2*1H/t10-;;/m0../s1. The number of nitrogens with one attached hydrogen (secondary N) is 1. The highest BCUT2D eigenvalue weighted by molar-refractivity contribution is 9.10. The maximum Gasteiger partial charge on any atom is 0.390 e. The summed E-state index contributed by atoms with van der Waals surface area (Å²) in [5.41, 5.74) is 0.613. The summed E-state index contributed by atoms with van der Waals surface area (Å²) >= 11 is 3.20. The largest absolute Gasteiger partial charge is 0.390 e. The van der Waals surface area contributed by atoms with Crippen molar-refractivity contribution in [1.82, 2.24) is 15.2 Å². The molecular weight excluding hydrogens is 394 g/mol. The molecule has 122 valence electrons. The molecule has 0 amide bonds. The van der Waals surface area contributed by atoms with E-state index in [1.165, 1.54) is 6.20 Å². The van der Waals surface area contributed by atoms with Crippen molar-refractivity contribution in [3.05, 3.63) is 28.5 Å². The third kappa shape index (κ3) is 6.69. The third-order valence-corrected chi connectivity index (χ3v) is 3.62. The highest BCUT2D eigenvalue weighted by Gasteiger charge is 2.36. The Labute approximate surface area is 142 Å². The van der Waals surface area contributed by atoms with Crippen molar-refractivity contribution in [2.45, 2.75) is 18.6 Å². The SMILES string of the molecule is Cl.Cl.FC(F)(F)C[C@@H](c1ccc(Br)nc1)N1CCNCC1. The highest BCUT2D eigenvalue weighted by Crippen LogP contribution is 2.33. The van der Waals surface area contributed by atoms with E-state index < -0.39 is 18.6 Å². The van der Waals surface area contributed by atoms with E-state index in [0.29, 0.717) is 23.3 Å². The molecule has 0 spiro atoms. The van der Waals surface area contributed by atoms with E-state index in [4.69, 9.17) is 0 Å². The second kappa shape index (κ2) is 9.15. The zero-order valence-corrected chi connectivity index (χ0v) is 14.3. The highest BCUT2D eigenvalue weighted by atomic mass is 79.9. The smallest absolute Gasteiger partial charge is 0.314 e. The fourth-order valence-corrected chi connectivity index (χ4v) is 2.49. The zero-order chi connectivity index (χ0) is 13.9. The lowest BCUT2D eigenvalue weighted by atomic mass is 10.0. The van der Waals surface area contributed by atoms with Gasteiger partial charge in [-0.15, -0.1) is 24.8 Å². The predicted octanol–water partition coefficient (Wildman–Crippen LogP) is 3.59. The van der Waals surface area contributed by atoms with Gasteiger partial charge in [0.25, 0.3) is 0 Å². The van der Waals surface area contributed by atoms with Gasteiger partial charge in [0, 0.05) is 38.4 Å². The Kier molecular flexibility index (Phi) is 9.11. The van der Waals surface area contributed by atoms with E-state index >= 15 is 0 Å². The monoisotopic (exact) mass is 409 g/mol. The number of halogens is 6. The lowest BCUT2D eigenvalue weighted by Crippen LogP contribution is -2.46. The van der Waals surface area contributed by atoms with Gasteiger partial charge in [0.05, 0.1) is 6.42 Å². The summed E-state index contributed by atoms with van der Waals surface area (Å²) in [6, 6.07) is 2.74. The number of aromatic nitrogens is 1. The molecule has 21 heavy (non-hydrogen) atoms. The van der Waals surface area contributed by atoms with Gasteiger partial charge in [0.15, 0.2) is 0 Å². The number of rotatable bonds is 3. The van der Waals surface area contributed by atoms with E-state index in [9.17, 15) is 13.2 Å². The van der Waals surface area contributed by atoms with Gasteiger partial charge in [-0.25, -0.2) is 4.98 Å². The molecule has 1 fully saturated rings. The van der Waals surface area contributed by atoms with Crippen LogP contribution in [0.25, 0.3) is 0 Å². The van der Waals surface area contributed by atoms with Crippen LogP contribution in [0, 0.1) is 0 Å². The number of nitrogens with zero attached hydrogens (tertiary/aromatic N) is 2. The van der Waals surface area contributed by atoms with Gasteiger partial charge < -0.3 is 5.32 Å². The molecule has 1 aromatic rings. The molecule has 1 atom stereocenters. The maximum atomic E-state index is 12.8. The third-order valence-electron chi connectivity index (χ3n) is 3.15. The molecule has 0 saturated carbocycles. The van der Waals surface area contributed by atoms with Crippen LogP contribution in [-0.2, 0) is 0 Å². The molecule has 2 rings (SSSR count). The topological polar surface area (TPSA) is 28.2 Å². The van der Waals surface area contributed by atoms with Crippen molar-refractivity contribution < 1.29 is 13.2 Å². The molecular formula is C12H17BrCl2F3N3. The number of pyridine rings is 1. The molecule has 0 aliphatic carbocycles. The van der Waals surface area contributed by atoms with Crippen molar-refractivity contribution in [3.8, 4) is 0 Å². The van der Waals surface area contributed by atoms with Crippen molar-refractivity contribution in [2.24, 2.45) is 0 Å². The Balaban J connectivity index is 0.00000200. The van der Waals surface area contributed by atoms with Crippen LogP contribution in [0.2, 0.25) is 0 Å². The lowest BCUT2D eigenvalue weighted by Gasteiger charge is -2.35. The quantitative estimate of drug-likeness (QED) is 0.772. The van der Waals surface area contributed by atoms with Crippen molar-refractivity contribution in [1.29, 1.82) is 0 Å². The molecule has 1 aliphatic heterocycles. The second-order valence-electron chi connectivity index (χ2n) is 4.54. The first-order valence-electron chi connectivity index (χ1n) is 6.09. The molecule has 0 bridgehead atoms. The van der Waals surface area contributed by atoms with Gasteiger partial charge >= 0.3 is 6.18 Å². The first-order valence-corrected chi connectivity index (χ1v) is 6.88. The molecule has 1 aliphatic rings. The van der Waals surface area contributed by atoms with Gasteiger partial charge in [-0.2, -0.15) is 13.2 Å². The first-order chi connectivity index (χ1) is 8.96. The predicted molar refractivity (Wildman–Crippen MR) is 84.3 cm³/mol. The van der Waals surface area contributed by atoms with E-state index in [0.717, 1.165) is 13.1 Å². The summed E-state index contributed by atoms with van der Waals surface area (Å²) < 4.78 is 38.9. The summed E-state index contributed by atoms with van der Waals surface area (Å²) in [6.45, 7) is 2.68. The molecule has 2 heterocycles. The average Bonchev–Trinajstić information content (AvgIpc) is 2.37. The van der Waals surface area contributed by atoms with Crippen LogP contribution in [-0.4, -0.2) is 42.2 Å². The van der Waals surface area contributed by atoms with E-state index in [1.807, 2.05) is 4.90 Å². The minimum atomic E-state index is -4.18. The van der Waals surface area contributed by atoms with Crippen LogP contribution in [0.5, 0.6) is 0 Å². The second-order valence-corrected chi connectivity index (χ2v) is 5.35. The Bertz CT molecular complexity index is 411. The molecule has 1 N–H and O–H groups in total. The molecule has 9 heteroatoms. The Morgan fingerprint density at radius 3 is 2.33 bits per heavy atom. The fourth-order valence-electron chi connectivity index (χ4n) is 2.26. The van der Waals surface area contributed by atoms with Crippen molar-refractivity contribution in [3.63, 3.8) is 0 Å². The van der Waals surface area contributed by atoms with Gasteiger partial charge in [-0.05, 0) is 27.6 Å². The average molecular weight is 411 g/mol. The summed E-state index contributed by atoms with van der Waals surface area (Å²) in [6.07, 6.45) is -3.50. The van der Waals surface area contributed by atoms with Crippen molar-refractivity contribution >= 4 is 40.7 Å². The lowest BCUT2D eigenvalue weighted by molar-refractivity contribution is -0.148. The normalized spacial score (nSPS) is 17.5. The minimum absolute atomic E-state index is 0. The maximum absolute atomic E-state index is 12.8. The number of hydrogen-bond acceptors (Lipinski definition) is 3. The van der Waals surface area contributed by atoms with Crippen LogP contribution in [0.4, 0.5) is 13.2 Å². The van der Waals surface area contributed by atoms with Crippen LogP contribution >= 0.6 is 40.7 Å². The summed E-state index contributed by atoms with van der Waals surface area (Å²) in [7, 11) is 0. The summed E-state index contributed by atoms with van der Waals surface area (Å²) in [5, 5.41) is 3.15. The van der Waals surface area contributed by atoms with Crippen LogP contribution in [0.3, 0.4) is 0 Å². The van der Waals surface area contributed by atoms with Gasteiger partial charge in [-0.1, -0.05) is 6.07 Å². The van der Waals surface area contributed by atoms with Crippen LogP contribution in [0.15, 0.2) is 22.9 Å². The van der Waals surface area contributed by atoms with Crippen molar-refractivity contribution in [2.75, 3.05) is 26.2 Å². The zero-order valence-electron chi connectivity index (χ0n) is 11.1. The summed E-state index contributed by atoms with van der Waals surface area (Å²) in [4.78, 5) is 5.90. The number of piperazine rings is 1. The van der Waals surface area contributed by atoms with E-state index in [2.05, 4.69) is 26.2 Å². The number of alkyl halides is 3. The Hall–Kier alpha value is -0.0800. The molecule has 0 aromatic carbocycles. The van der Waals surface area contributed by atoms with Gasteiger partial charge in [-0.3, -0.25) is 4.90 Å². The molecule has 1 aromatic heterocycles. The van der Waals surface area contributed by atoms with Crippen LogP contribution < -0.4 is 5.32 Å². The first kappa shape index (κ1) is 20.9. The van der Waals surface area contributed by atoms with E-state index in [-0.39, 0.29) is 24.8 Å². The fraction of sp³-hybridized carbons (Fsp3) is 0.583. The minimum Gasteiger partial charge on any atom is -0.314 e. The summed E-state index contributed by atoms with van der Waals surface area (Å²) in [5.74, 6) is 0. The van der Waals surface area contributed by atoms with Gasteiger partial charge in [0.1, 0.15) is 4.60 Å². The molecule has 0 unspecified atom stereocenters. The number of hydrogen-bond donors (Lipinski definition) is 1.